The minimum atomic E-state index is -3.17. The van der Waals surface area contributed by atoms with E-state index in [1.54, 1.807) is 6.92 Å². The Bertz CT molecular complexity index is 1010. The molecule has 0 bridgehead atoms. The molecule has 6 atom stereocenters. The van der Waals surface area contributed by atoms with Gasteiger partial charge < -0.3 is 29.7 Å². The van der Waals surface area contributed by atoms with Crippen molar-refractivity contribution in [3.8, 4) is 0 Å². The summed E-state index contributed by atoms with van der Waals surface area (Å²) in [6.07, 6.45) is -1.36. The number of H-pyrrole nitrogens is 1. The van der Waals surface area contributed by atoms with E-state index in [4.69, 9.17) is 43.7 Å². The molecule has 1 fully saturated rings. The van der Waals surface area contributed by atoms with Gasteiger partial charge in [0, 0.05) is 43.2 Å². The van der Waals surface area contributed by atoms with Gasteiger partial charge >= 0.3 is 24.8 Å². The summed E-state index contributed by atoms with van der Waals surface area (Å²) in [6, 6.07) is 0. The van der Waals surface area contributed by atoms with Crippen LogP contribution in [-0.2, 0) is 60.2 Å². The van der Waals surface area contributed by atoms with Crippen LogP contribution < -0.4 is 11.3 Å². The average Bonchev–Trinajstić information content (AvgIpc) is 3.14. The molecule has 0 aromatic carbocycles. The van der Waals surface area contributed by atoms with E-state index in [0.717, 1.165) is 0 Å². The normalized spacial score (nSPS) is 24.4. The van der Waals surface area contributed by atoms with Gasteiger partial charge in [-0.25, -0.2) is 4.98 Å². The van der Waals surface area contributed by atoms with Crippen molar-refractivity contribution < 1.29 is 79.8 Å². The van der Waals surface area contributed by atoms with Crippen LogP contribution >= 0.6 is 24.8 Å². The number of hydrogen-bond acceptors (Lipinski definition) is 10. The van der Waals surface area contributed by atoms with Crippen LogP contribution in [0.15, 0.2) is 11.1 Å². The van der Waals surface area contributed by atoms with Gasteiger partial charge in [-0.05, 0) is 0 Å². The molecule has 2 aromatic heterocycles. The third-order valence-corrected chi connectivity index (χ3v) is 4.85. The van der Waals surface area contributed by atoms with Gasteiger partial charge in [0.25, 0.3) is 5.56 Å². The Morgan fingerprint density at radius 1 is 1.39 bits per heavy atom. The first kappa shape index (κ1) is 28.6. The van der Waals surface area contributed by atoms with Crippen molar-refractivity contribution in [3.63, 3.8) is 0 Å². The number of ether oxygens (including phenoxy) is 1. The van der Waals surface area contributed by atoms with Crippen molar-refractivity contribution in [1.82, 2.24) is 19.5 Å². The van der Waals surface area contributed by atoms with Crippen molar-refractivity contribution >= 4 is 41.9 Å². The van der Waals surface area contributed by atoms with Crippen LogP contribution in [0, 0.1) is 5.92 Å². The quantitative estimate of drug-likeness (QED) is 0.225. The summed E-state index contributed by atoms with van der Waals surface area (Å²) in [5, 5.41) is 0. The molecule has 0 aliphatic carbocycles. The number of aromatic amines is 1. The second-order valence-electron chi connectivity index (χ2n) is 5.87. The Hall–Kier alpha value is -0.466. The zero-order chi connectivity index (χ0) is 22.6. The molecule has 0 saturated carbocycles. The Morgan fingerprint density at radius 2 is 2.00 bits per heavy atom. The summed E-state index contributed by atoms with van der Waals surface area (Å²) in [6.45, 7) is 1.44. The Kier molecular flexibility index (Phi) is 11.7. The monoisotopic (exact) mass is 579 g/mol. The second kappa shape index (κ2) is 12.7. The number of hydrogen-bond donors (Lipinski definition) is 6. The topological polar surface area (TPSA) is 249 Å². The van der Waals surface area contributed by atoms with Gasteiger partial charge in [0.2, 0.25) is 5.95 Å². The predicted octanol–water partition coefficient (Wildman–Crippen LogP) is -0.973. The number of nitrogens with zero attached hydrogens (tertiary/aromatic N) is 3. The first-order chi connectivity index (χ1) is 14.0. The molecule has 3 heterocycles. The number of nitrogens with two attached hydrogens (primary N) is 1. The molecule has 1 saturated heterocycles. The van der Waals surface area contributed by atoms with Gasteiger partial charge in [0.05, 0.1) is 19.0 Å². The third kappa shape index (κ3) is 7.81. The van der Waals surface area contributed by atoms with Crippen molar-refractivity contribution in [2.75, 3.05) is 12.3 Å². The number of nitrogen functional groups attached to an aromatic ring is 1. The molecule has 0 amide bonds. The summed E-state index contributed by atoms with van der Waals surface area (Å²) in [7, 11) is -9.26. The predicted molar refractivity (Wildman–Crippen MR) is 101 cm³/mol. The standard InChI is InChI=1S/C11H15N5O8P2.H3O3P.Y/c1-4-5(2-22-25(18)19)23-10(7(4)24-26(20)21)16-3-13-6-8(16)14-11(12)15-9(6)17;1-4(2)3;/h3-5,7,10,25H,2H2,1H3,(H4-,12,14,15,17,18,19,20,21);4H,(H2,1,2,3);/p+1/t4?,5-,7?,10-;;/m1../s1. The number of imidazole rings is 1. The Morgan fingerprint density at radius 3 is 2.55 bits per heavy atom. The maximum absolute atomic E-state index is 11.9. The first-order valence-corrected chi connectivity index (χ1v) is 11.7. The van der Waals surface area contributed by atoms with Gasteiger partial charge in [-0.1, -0.05) is 6.92 Å². The molecule has 1 aliphatic heterocycles. The van der Waals surface area contributed by atoms with Crippen LogP contribution in [0.3, 0.4) is 0 Å². The number of rotatable bonds is 6. The average molecular weight is 579 g/mol. The van der Waals surface area contributed by atoms with Gasteiger partial charge in [-0.2, -0.15) is 4.98 Å². The molecule has 20 heteroatoms. The molecule has 1 aliphatic rings. The van der Waals surface area contributed by atoms with Crippen LogP contribution in [0.4, 0.5) is 5.95 Å². The fourth-order valence-corrected chi connectivity index (χ4v) is 3.61. The molecule has 31 heavy (non-hydrogen) atoms. The van der Waals surface area contributed by atoms with E-state index >= 15 is 0 Å². The van der Waals surface area contributed by atoms with Crippen molar-refractivity contribution in [2.45, 2.75) is 25.4 Å². The van der Waals surface area contributed by atoms with Gasteiger partial charge in [0.15, 0.2) is 23.5 Å². The van der Waals surface area contributed by atoms with E-state index in [1.807, 2.05) is 0 Å². The molecule has 171 valence electrons. The minimum absolute atomic E-state index is 0. The van der Waals surface area contributed by atoms with E-state index < -0.39 is 54.7 Å². The first-order valence-electron chi connectivity index (χ1n) is 7.99. The molecular formula is C11H19N5O11P3Y+. The molecule has 16 nitrogen and oxygen atoms in total. The molecule has 0 spiro atoms. The molecule has 3 rings (SSSR count). The van der Waals surface area contributed by atoms with Crippen LogP contribution in [0.25, 0.3) is 11.2 Å². The maximum atomic E-state index is 11.9. The summed E-state index contributed by atoms with van der Waals surface area (Å²) in [5.74, 6) is -0.621. The zero-order valence-corrected chi connectivity index (χ0v) is 21.4. The maximum Gasteiger partial charge on any atom is 0.695 e. The second-order valence-corrected chi connectivity index (χ2v) is 7.94. The molecule has 7 N–H and O–H groups in total. The van der Waals surface area contributed by atoms with Crippen molar-refractivity contribution in [1.29, 1.82) is 0 Å². The van der Waals surface area contributed by atoms with Gasteiger partial charge in [-0.3, -0.25) is 23.5 Å². The number of anilines is 1. The molecule has 1 radical (unpaired) electrons. The van der Waals surface area contributed by atoms with Crippen LogP contribution in [0.2, 0.25) is 0 Å². The number of aromatic nitrogens is 4. The van der Waals surface area contributed by atoms with Crippen molar-refractivity contribution in [3.05, 3.63) is 16.7 Å². The van der Waals surface area contributed by atoms with E-state index in [-0.39, 0.29) is 56.4 Å². The van der Waals surface area contributed by atoms with E-state index in [1.165, 1.54) is 10.9 Å². The van der Waals surface area contributed by atoms with Crippen LogP contribution in [-0.4, -0.2) is 57.9 Å². The fourth-order valence-electron chi connectivity index (χ4n) is 2.80. The number of nitrogens with one attached hydrogen (secondary N) is 1. The minimum Gasteiger partial charge on any atom is -0.369 e. The zero-order valence-electron chi connectivity index (χ0n) is 15.7. The van der Waals surface area contributed by atoms with Gasteiger partial charge in [0.1, 0.15) is 0 Å². The van der Waals surface area contributed by atoms with E-state index in [0.29, 0.717) is 0 Å². The van der Waals surface area contributed by atoms with E-state index in [9.17, 15) is 13.9 Å². The number of fused-ring (bicyclic) bond motifs is 1. The largest absolute Gasteiger partial charge is 0.695 e. The summed E-state index contributed by atoms with van der Waals surface area (Å²) >= 11 is 0. The molecule has 4 unspecified atom stereocenters. The third-order valence-electron chi connectivity index (χ3n) is 4.01. The van der Waals surface area contributed by atoms with Crippen molar-refractivity contribution in [2.24, 2.45) is 5.92 Å². The smallest absolute Gasteiger partial charge is 0.369 e. The van der Waals surface area contributed by atoms with Gasteiger partial charge in [-0.15, -0.1) is 9.42 Å². The SMILES string of the molecule is CC1C(O[P+](=O)O)[C@H](n2cnc3c(=O)[nH]c(N)nc32)O[C@@H]1CO[PH](=O)O.O=[PH](O)O.[Y]. The summed E-state index contributed by atoms with van der Waals surface area (Å²) < 4.78 is 47.6. The Balaban J connectivity index is 0.000000885. The molecule has 2 aromatic rings. The Labute approximate surface area is 200 Å². The fraction of sp³-hybridized carbons (Fsp3) is 0.545. The van der Waals surface area contributed by atoms with E-state index in [2.05, 4.69) is 15.0 Å². The molecular weight excluding hydrogens is 560 g/mol. The summed E-state index contributed by atoms with van der Waals surface area (Å²) in [5.41, 5.74) is 5.10. The van der Waals surface area contributed by atoms with Crippen LogP contribution in [0.5, 0.6) is 0 Å². The summed E-state index contributed by atoms with van der Waals surface area (Å²) in [4.78, 5) is 54.5. The van der Waals surface area contributed by atoms with Crippen LogP contribution in [0.1, 0.15) is 13.2 Å².